The minimum atomic E-state index is -0.216. The fraction of sp³-hybridized carbons (Fsp3) is 0.280. The van der Waals surface area contributed by atoms with E-state index in [-0.39, 0.29) is 5.91 Å². The molecule has 2 aromatic carbocycles. The first-order valence-corrected chi connectivity index (χ1v) is 11.5. The molecule has 1 N–H and O–H groups in total. The van der Waals surface area contributed by atoms with Gasteiger partial charge in [0.1, 0.15) is 11.5 Å². The molecular formula is C25H28N2O3S. The lowest BCUT2D eigenvalue weighted by Gasteiger charge is -2.05. The van der Waals surface area contributed by atoms with E-state index in [1.165, 1.54) is 17.4 Å². The van der Waals surface area contributed by atoms with Crippen molar-refractivity contribution in [2.75, 3.05) is 18.5 Å². The number of ether oxygens (including phenoxy) is 2. The van der Waals surface area contributed by atoms with E-state index >= 15 is 0 Å². The third-order valence-corrected chi connectivity index (χ3v) is 5.19. The van der Waals surface area contributed by atoms with Crippen LogP contribution in [-0.4, -0.2) is 24.1 Å². The zero-order valence-corrected chi connectivity index (χ0v) is 18.8. The molecule has 0 unspecified atom stereocenters. The standard InChI is InChI=1S/C25H28N2O3S/c1-3-5-17-30-22-13-9-20(10-14-22)23-18-31-25(26-23)27-24(28)15-8-19-6-11-21(12-7-19)29-16-4-2/h6-15,18H,3-5,16-17H2,1-2H3,(H,26,27,28)/b15-8+. The van der Waals surface area contributed by atoms with Gasteiger partial charge in [-0.25, -0.2) is 4.98 Å². The maximum Gasteiger partial charge on any atom is 0.250 e. The fourth-order valence-electron chi connectivity index (χ4n) is 2.73. The third-order valence-electron chi connectivity index (χ3n) is 4.43. The maximum atomic E-state index is 12.2. The van der Waals surface area contributed by atoms with E-state index in [0.717, 1.165) is 54.2 Å². The molecule has 3 aromatic rings. The van der Waals surface area contributed by atoms with E-state index < -0.39 is 0 Å². The smallest absolute Gasteiger partial charge is 0.250 e. The predicted octanol–water partition coefficient (Wildman–Crippen LogP) is 6.43. The van der Waals surface area contributed by atoms with Gasteiger partial charge in [0.15, 0.2) is 5.13 Å². The normalized spacial score (nSPS) is 10.9. The molecular weight excluding hydrogens is 408 g/mol. The first kappa shape index (κ1) is 22.6. The van der Waals surface area contributed by atoms with Crippen LogP contribution in [0.2, 0.25) is 0 Å². The molecule has 0 bridgehead atoms. The highest BCUT2D eigenvalue weighted by atomic mass is 32.1. The van der Waals surface area contributed by atoms with Crippen LogP contribution >= 0.6 is 11.3 Å². The molecule has 0 saturated carbocycles. The molecule has 0 spiro atoms. The number of anilines is 1. The Labute approximate surface area is 187 Å². The summed E-state index contributed by atoms with van der Waals surface area (Å²) in [6.45, 7) is 5.64. The Hall–Kier alpha value is -3.12. The molecule has 5 nitrogen and oxygen atoms in total. The molecule has 0 radical (unpaired) electrons. The van der Waals surface area contributed by atoms with Crippen molar-refractivity contribution in [3.8, 4) is 22.8 Å². The zero-order valence-electron chi connectivity index (χ0n) is 18.0. The first-order chi connectivity index (χ1) is 15.2. The molecule has 1 aromatic heterocycles. The number of carbonyl (C=O) groups is 1. The van der Waals surface area contributed by atoms with Crippen LogP contribution in [-0.2, 0) is 4.79 Å². The van der Waals surface area contributed by atoms with Crippen molar-refractivity contribution in [2.45, 2.75) is 33.1 Å². The average molecular weight is 437 g/mol. The number of carbonyl (C=O) groups excluding carboxylic acids is 1. The summed E-state index contributed by atoms with van der Waals surface area (Å²) >= 11 is 1.40. The molecule has 0 aliphatic heterocycles. The minimum absolute atomic E-state index is 0.216. The first-order valence-electron chi connectivity index (χ1n) is 10.6. The summed E-state index contributed by atoms with van der Waals surface area (Å²) in [5.74, 6) is 1.47. The van der Waals surface area contributed by atoms with Crippen LogP contribution in [0.15, 0.2) is 60.0 Å². The molecule has 0 atom stereocenters. The summed E-state index contributed by atoms with van der Waals surface area (Å²) in [5.41, 5.74) is 2.74. The van der Waals surface area contributed by atoms with Crippen LogP contribution in [0.3, 0.4) is 0 Å². The van der Waals surface area contributed by atoms with Gasteiger partial charge in [0.05, 0.1) is 18.9 Å². The number of aromatic nitrogens is 1. The molecule has 1 heterocycles. The number of hydrogen-bond donors (Lipinski definition) is 1. The van der Waals surface area contributed by atoms with Crippen LogP contribution in [0.4, 0.5) is 5.13 Å². The van der Waals surface area contributed by atoms with Gasteiger partial charge in [-0.15, -0.1) is 11.3 Å². The fourth-order valence-corrected chi connectivity index (χ4v) is 3.46. The Balaban J connectivity index is 1.53. The highest BCUT2D eigenvalue weighted by molar-refractivity contribution is 7.14. The number of benzene rings is 2. The van der Waals surface area contributed by atoms with Gasteiger partial charge in [-0.2, -0.15) is 0 Å². The summed E-state index contributed by atoms with van der Waals surface area (Å²) in [6.07, 6.45) is 6.40. The SMILES string of the molecule is CCCCOc1ccc(-c2csc(NC(=O)/C=C/c3ccc(OCCC)cc3)n2)cc1. The van der Waals surface area contributed by atoms with E-state index in [0.29, 0.717) is 11.7 Å². The zero-order chi connectivity index (χ0) is 21.9. The molecule has 0 fully saturated rings. The van der Waals surface area contributed by atoms with E-state index in [1.54, 1.807) is 6.08 Å². The Kier molecular flexibility index (Phi) is 8.67. The maximum absolute atomic E-state index is 12.2. The van der Waals surface area contributed by atoms with Crippen molar-refractivity contribution in [3.05, 3.63) is 65.6 Å². The highest BCUT2D eigenvalue weighted by Gasteiger charge is 2.07. The van der Waals surface area contributed by atoms with Crippen LogP contribution < -0.4 is 14.8 Å². The molecule has 3 rings (SSSR count). The topological polar surface area (TPSA) is 60.5 Å². The Bertz CT molecular complexity index is 979. The van der Waals surface area contributed by atoms with E-state index in [1.807, 2.05) is 53.9 Å². The van der Waals surface area contributed by atoms with Gasteiger partial charge in [-0.05, 0) is 60.9 Å². The second-order valence-corrected chi connectivity index (χ2v) is 7.86. The van der Waals surface area contributed by atoms with Crippen molar-refractivity contribution < 1.29 is 14.3 Å². The van der Waals surface area contributed by atoms with Crippen molar-refractivity contribution >= 4 is 28.5 Å². The quantitative estimate of drug-likeness (QED) is 0.278. The molecule has 1 amide bonds. The minimum Gasteiger partial charge on any atom is -0.494 e. The predicted molar refractivity (Wildman–Crippen MR) is 128 cm³/mol. The molecule has 0 aliphatic carbocycles. The second-order valence-electron chi connectivity index (χ2n) is 7.00. The van der Waals surface area contributed by atoms with Crippen LogP contribution in [0.1, 0.15) is 38.7 Å². The summed E-state index contributed by atoms with van der Waals surface area (Å²) in [7, 11) is 0. The van der Waals surface area contributed by atoms with Gasteiger partial charge in [-0.1, -0.05) is 32.4 Å². The van der Waals surface area contributed by atoms with E-state index in [9.17, 15) is 4.79 Å². The van der Waals surface area contributed by atoms with Gasteiger partial charge in [0.2, 0.25) is 5.91 Å². The lowest BCUT2D eigenvalue weighted by molar-refractivity contribution is -0.111. The Morgan fingerprint density at radius 1 is 0.968 bits per heavy atom. The van der Waals surface area contributed by atoms with Gasteiger partial charge >= 0.3 is 0 Å². The van der Waals surface area contributed by atoms with Crippen molar-refractivity contribution in [3.63, 3.8) is 0 Å². The largest absolute Gasteiger partial charge is 0.494 e. The Morgan fingerprint density at radius 2 is 1.65 bits per heavy atom. The number of nitrogens with one attached hydrogen (secondary N) is 1. The summed E-state index contributed by atoms with van der Waals surface area (Å²) < 4.78 is 11.3. The summed E-state index contributed by atoms with van der Waals surface area (Å²) in [4.78, 5) is 16.8. The number of rotatable bonds is 11. The van der Waals surface area contributed by atoms with Crippen molar-refractivity contribution in [2.24, 2.45) is 0 Å². The van der Waals surface area contributed by atoms with Crippen molar-refractivity contribution in [1.82, 2.24) is 4.98 Å². The second kappa shape index (κ2) is 11.9. The summed E-state index contributed by atoms with van der Waals surface area (Å²) in [5, 5.41) is 5.32. The lowest BCUT2D eigenvalue weighted by atomic mass is 10.2. The van der Waals surface area contributed by atoms with Crippen LogP contribution in [0.25, 0.3) is 17.3 Å². The van der Waals surface area contributed by atoms with Gasteiger partial charge in [0, 0.05) is 17.0 Å². The number of unbranched alkanes of at least 4 members (excludes halogenated alkanes) is 1. The Morgan fingerprint density at radius 3 is 2.32 bits per heavy atom. The monoisotopic (exact) mass is 436 g/mol. The van der Waals surface area contributed by atoms with Gasteiger partial charge < -0.3 is 9.47 Å². The molecule has 6 heteroatoms. The average Bonchev–Trinajstić information content (AvgIpc) is 3.26. The van der Waals surface area contributed by atoms with E-state index in [2.05, 4.69) is 24.1 Å². The number of nitrogens with zero attached hydrogens (tertiary/aromatic N) is 1. The van der Waals surface area contributed by atoms with Gasteiger partial charge in [-0.3, -0.25) is 10.1 Å². The molecule has 0 aliphatic rings. The number of amides is 1. The number of hydrogen-bond acceptors (Lipinski definition) is 5. The van der Waals surface area contributed by atoms with Gasteiger partial charge in [0.25, 0.3) is 0 Å². The third kappa shape index (κ3) is 7.26. The lowest BCUT2D eigenvalue weighted by Crippen LogP contribution is -2.07. The number of thiazole rings is 1. The molecule has 31 heavy (non-hydrogen) atoms. The highest BCUT2D eigenvalue weighted by Crippen LogP contribution is 2.26. The summed E-state index contributed by atoms with van der Waals surface area (Å²) in [6, 6.07) is 15.5. The van der Waals surface area contributed by atoms with Crippen LogP contribution in [0, 0.1) is 0 Å². The van der Waals surface area contributed by atoms with E-state index in [4.69, 9.17) is 9.47 Å². The van der Waals surface area contributed by atoms with Crippen molar-refractivity contribution in [1.29, 1.82) is 0 Å². The molecule has 162 valence electrons. The molecule has 0 saturated heterocycles. The van der Waals surface area contributed by atoms with Crippen LogP contribution in [0.5, 0.6) is 11.5 Å².